The van der Waals surface area contributed by atoms with Crippen LogP contribution in [-0.2, 0) is 0 Å². The van der Waals surface area contributed by atoms with Gasteiger partial charge in [-0.2, -0.15) is 0 Å². The fourth-order valence-electron chi connectivity index (χ4n) is 2.43. The first-order valence-electron chi connectivity index (χ1n) is 7.98. The number of rotatable bonds is 9. The standard InChI is InChI=1S/C20H28BrNO/c1-5-13-22(4)15-17(3)8-6-7-16(2)14-20(23)18-9-11-19(21)12-10-18/h5,8-12,14,20,23H,1,6-7,13,15H2,2-4H3/b16-14+,17-8+. The summed E-state index contributed by atoms with van der Waals surface area (Å²) in [7, 11) is 2.10. The molecule has 0 heterocycles. The van der Waals surface area contributed by atoms with E-state index in [1.54, 1.807) is 0 Å². The van der Waals surface area contributed by atoms with Gasteiger partial charge < -0.3 is 5.11 Å². The molecule has 0 aliphatic carbocycles. The van der Waals surface area contributed by atoms with Gasteiger partial charge in [0.25, 0.3) is 0 Å². The summed E-state index contributed by atoms with van der Waals surface area (Å²) in [6.45, 7) is 9.87. The summed E-state index contributed by atoms with van der Waals surface area (Å²) < 4.78 is 1.02. The first-order chi connectivity index (χ1) is 10.9. The van der Waals surface area contributed by atoms with Crippen molar-refractivity contribution in [2.24, 2.45) is 0 Å². The number of hydrogen-bond acceptors (Lipinski definition) is 2. The summed E-state index contributed by atoms with van der Waals surface area (Å²) in [6, 6.07) is 7.79. The second-order valence-corrected chi connectivity index (χ2v) is 7.00. The van der Waals surface area contributed by atoms with Crippen molar-refractivity contribution in [3.8, 4) is 0 Å². The maximum Gasteiger partial charge on any atom is 0.0974 e. The van der Waals surface area contributed by atoms with Crippen LogP contribution < -0.4 is 0 Å². The molecular weight excluding hydrogens is 350 g/mol. The molecule has 3 heteroatoms. The summed E-state index contributed by atoms with van der Waals surface area (Å²) >= 11 is 3.41. The molecule has 0 spiro atoms. The first-order valence-corrected chi connectivity index (χ1v) is 8.77. The van der Waals surface area contributed by atoms with Crippen LogP contribution in [0.3, 0.4) is 0 Å². The fraction of sp³-hybridized carbons (Fsp3) is 0.400. The molecule has 0 bridgehead atoms. The molecule has 126 valence electrons. The third kappa shape index (κ3) is 8.31. The number of likely N-dealkylation sites (N-methyl/N-ethyl adjacent to an activating group) is 1. The van der Waals surface area contributed by atoms with E-state index in [2.05, 4.69) is 54.4 Å². The van der Waals surface area contributed by atoms with Crippen LogP contribution in [0.1, 0.15) is 38.4 Å². The number of hydrogen-bond donors (Lipinski definition) is 1. The largest absolute Gasteiger partial charge is 0.384 e. The van der Waals surface area contributed by atoms with Crippen molar-refractivity contribution in [2.75, 3.05) is 20.1 Å². The SMILES string of the molecule is C=CCN(C)C/C(C)=C/CC/C(C)=C/C(O)c1ccc(Br)cc1. The van der Waals surface area contributed by atoms with Crippen molar-refractivity contribution in [2.45, 2.75) is 32.8 Å². The van der Waals surface area contributed by atoms with Crippen molar-refractivity contribution in [3.05, 3.63) is 70.3 Å². The summed E-state index contributed by atoms with van der Waals surface area (Å²) in [5.74, 6) is 0. The summed E-state index contributed by atoms with van der Waals surface area (Å²) in [4.78, 5) is 2.23. The topological polar surface area (TPSA) is 23.5 Å². The average Bonchev–Trinajstić information content (AvgIpc) is 2.47. The maximum absolute atomic E-state index is 10.2. The Morgan fingerprint density at radius 1 is 1.26 bits per heavy atom. The van der Waals surface area contributed by atoms with Gasteiger partial charge in [-0.3, -0.25) is 4.90 Å². The van der Waals surface area contributed by atoms with Crippen molar-refractivity contribution in [3.63, 3.8) is 0 Å². The Morgan fingerprint density at radius 3 is 2.52 bits per heavy atom. The van der Waals surface area contributed by atoms with E-state index in [9.17, 15) is 5.11 Å². The molecule has 1 aromatic carbocycles. The number of halogens is 1. The molecule has 1 rings (SSSR count). The first kappa shape index (κ1) is 19.9. The molecule has 0 saturated heterocycles. The molecule has 0 fully saturated rings. The highest BCUT2D eigenvalue weighted by atomic mass is 79.9. The van der Waals surface area contributed by atoms with Crippen LogP contribution in [0, 0.1) is 0 Å². The second-order valence-electron chi connectivity index (χ2n) is 6.08. The summed E-state index contributed by atoms with van der Waals surface area (Å²) in [5.41, 5.74) is 3.50. The third-order valence-corrected chi connectivity index (χ3v) is 4.17. The van der Waals surface area contributed by atoms with E-state index in [1.807, 2.05) is 36.4 Å². The van der Waals surface area contributed by atoms with E-state index in [0.29, 0.717) is 0 Å². The lowest BCUT2D eigenvalue weighted by molar-refractivity contribution is 0.227. The van der Waals surface area contributed by atoms with E-state index < -0.39 is 6.10 Å². The minimum Gasteiger partial charge on any atom is -0.384 e. The van der Waals surface area contributed by atoms with E-state index in [4.69, 9.17) is 0 Å². The summed E-state index contributed by atoms with van der Waals surface area (Å²) in [6.07, 6.45) is 7.58. The molecule has 23 heavy (non-hydrogen) atoms. The normalized spacial score (nSPS) is 14.2. The van der Waals surface area contributed by atoms with E-state index in [-0.39, 0.29) is 0 Å². The Hall–Kier alpha value is -1.16. The van der Waals surface area contributed by atoms with Crippen molar-refractivity contribution < 1.29 is 5.11 Å². The van der Waals surface area contributed by atoms with Gasteiger partial charge in [-0.1, -0.05) is 57.4 Å². The molecule has 0 aromatic heterocycles. The molecule has 2 nitrogen and oxygen atoms in total. The Kier molecular flexibility index (Phi) is 9.15. The predicted octanol–water partition coefficient (Wildman–Crippen LogP) is 5.27. The van der Waals surface area contributed by atoms with E-state index >= 15 is 0 Å². The highest BCUT2D eigenvalue weighted by molar-refractivity contribution is 9.10. The molecule has 0 aliphatic rings. The Balaban J connectivity index is 2.47. The lowest BCUT2D eigenvalue weighted by Crippen LogP contribution is -2.20. The van der Waals surface area contributed by atoms with Gasteiger partial charge in [0.1, 0.15) is 0 Å². The smallest absolute Gasteiger partial charge is 0.0974 e. The van der Waals surface area contributed by atoms with Gasteiger partial charge in [-0.15, -0.1) is 6.58 Å². The van der Waals surface area contributed by atoms with Gasteiger partial charge >= 0.3 is 0 Å². The molecule has 1 N–H and O–H groups in total. The third-order valence-electron chi connectivity index (χ3n) is 3.65. The molecule has 1 unspecified atom stereocenters. The minimum absolute atomic E-state index is 0.535. The number of benzene rings is 1. The quantitative estimate of drug-likeness (QED) is 0.592. The van der Waals surface area contributed by atoms with Crippen molar-refractivity contribution in [1.29, 1.82) is 0 Å². The lowest BCUT2D eigenvalue weighted by atomic mass is 10.0. The number of aliphatic hydroxyl groups excluding tert-OH is 1. The number of aliphatic hydroxyl groups is 1. The van der Waals surface area contributed by atoms with Gasteiger partial charge in [-0.05, 0) is 51.4 Å². The van der Waals surface area contributed by atoms with Crippen LogP contribution in [-0.4, -0.2) is 30.1 Å². The van der Waals surface area contributed by atoms with Crippen LogP contribution in [0.2, 0.25) is 0 Å². The Morgan fingerprint density at radius 2 is 1.91 bits per heavy atom. The zero-order valence-corrected chi connectivity index (χ0v) is 16.0. The summed E-state index contributed by atoms with van der Waals surface area (Å²) in [5, 5.41) is 10.2. The number of nitrogens with zero attached hydrogens (tertiary/aromatic N) is 1. The molecule has 0 aliphatic heterocycles. The maximum atomic E-state index is 10.2. The molecule has 1 aromatic rings. The fourth-order valence-corrected chi connectivity index (χ4v) is 2.69. The Labute approximate surface area is 149 Å². The molecule has 0 radical (unpaired) electrons. The molecule has 1 atom stereocenters. The van der Waals surface area contributed by atoms with Crippen molar-refractivity contribution >= 4 is 15.9 Å². The second kappa shape index (κ2) is 10.6. The van der Waals surface area contributed by atoms with Gasteiger partial charge in [-0.25, -0.2) is 0 Å². The highest BCUT2D eigenvalue weighted by Gasteiger charge is 2.04. The highest BCUT2D eigenvalue weighted by Crippen LogP contribution is 2.20. The Bertz CT molecular complexity index is 545. The predicted molar refractivity (Wildman–Crippen MR) is 104 cm³/mol. The van der Waals surface area contributed by atoms with Gasteiger partial charge in [0.15, 0.2) is 0 Å². The van der Waals surface area contributed by atoms with Crippen LogP contribution in [0.4, 0.5) is 0 Å². The molecule has 0 saturated carbocycles. The van der Waals surface area contributed by atoms with Gasteiger partial charge in [0.05, 0.1) is 6.10 Å². The van der Waals surface area contributed by atoms with Crippen LogP contribution in [0.25, 0.3) is 0 Å². The average molecular weight is 378 g/mol. The van der Waals surface area contributed by atoms with Crippen molar-refractivity contribution in [1.82, 2.24) is 4.90 Å². The number of allylic oxidation sites excluding steroid dienone is 2. The molecular formula is C20H28BrNO. The van der Waals surface area contributed by atoms with E-state index in [1.165, 1.54) is 11.1 Å². The van der Waals surface area contributed by atoms with Gasteiger partial charge in [0.2, 0.25) is 0 Å². The van der Waals surface area contributed by atoms with Crippen LogP contribution >= 0.6 is 15.9 Å². The van der Waals surface area contributed by atoms with E-state index in [0.717, 1.165) is 36.0 Å². The minimum atomic E-state index is -0.535. The van der Waals surface area contributed by atoms with Gasteiger partial charge in [0, 0.05) is 17.6 Å². The molecule has 0 amide bonds. The lowest BCUT2D eigenvalue weighted by Gasteiger charge is -2.14. The zero-order valence-electron chi connectivity index (χ0n) is 14.4. The van der Waals surface area contributed by atoms with Crippen LogP contribution in [0.15, 0.2) is 64.7 Å². The zero-order chi connectivity index (χ0) is 17.2. The van der Waals surface area contributed by atoms with Crippen LogP contribution in [0.5, 0.6) is 0 Å². The monoisotopic (exact) mass is 377 g/mol.